The van der Waals surface area contributed by atoms with Gasteiger partial charge in [-0.3, -0.25) is 9.59 Å². The smallest absolute Gasteiger partial charge is 0.239 e. The third-order valence-electron chi connectivity index (χ3n) is 1.80. The number of imide groups is 1. The first-order valence-electron chi connectivity index (χ1n) is 4.55. The molecular formula is C10H13N3O2. The van der Waals surface area contributed by atoms with Crippen LogP contribution in [0.2, 0.25) is 0 Å². The average Bonchev–Trinajstić information content (AvgIpc) is 1.99. The van der Waals surface area contributed by atoms with E-state index in [4.69, 9.17) is 0 Å². The molecule has 0 unspecified atom stereocenters. The number of hydrogen-bond acceptors (Lipinski definition) is 4. The van der Waals surface area contributed by atoms with Crippen LogP contribution in [-0.2, 0) is 9.59 Å². The van der Waals surface area contributed by atoms with Crippen molar-refractivity contribution in [3.8, 4) is 0 Å². The van der Waals surface area contributed by atoms with Crippen molar-refractivity contribution in [1.82, 2.24) is 9.97 Å². The van der Waals surface area contributed by atoms with Gasteiger partial charge in [0.05, 0.1) is 0 Å². The SMILES string of the molecule is CC(=O)N(C(C)=O)c1nc(C)cc(C)n1. The number of carbonyl (C=O) groups is 2. The zero-order valence-electron chi connectivity index (χ0n) is 9.24. The van der Waals surface area contributed by atoms with E-state index in [1.807, 2.05) is 0 Å². The van der Waals surface area contributed by atoms with E-state index < -0.39 is 0 Å². The third-order valence-corrected chi connectivity index (χ3v) is 1.80. The monoisotopic (exact) mass is 207 g/mol. The van der Waals surface area contributed by atoms with Gasteiger partial charge in [0.15, 0.2) is 0 Å². The lowest BCUT2D eigenvalue weighted by Crippen LogP contribution is -2.34. The molecule has 15 heavy (non-hydrogen) atoms. The first-order valence-corrected chi connectivity index (χ1v) is 4.55. The minimum absolute atomic E-state index is 0.146. The van der Waals surface area contributed by atoms with Crippen LogP contribution in [0.5, 0.6) is 0 Å². The van der Waals surface area contributed by atoms with E-state index in [0.29, 0.717) is 0 Å². The Kier molecular flexibility index (Phi) is 3.14. The maximum Gasteiger partial charge on any atom is 0.239 e. The number of nitrogens with zero attached hydrogens (tertiary/aromatic N) is 3. The van der Waals surface area contributed by atoms with Gasteiger partial charge in [0.25, 0.3) is 0 Å². The second-order valence-corrected chi connectivity index (χ2v) is 3.32. The summed E-state index contributed by atoms with van der Waals surface area (Å²) in [6.07, 6.45) is 0. The van der Waals surface area contributed by atoms with Crippen molar-refractivity contribution in [3.05, 3.63) is 17.5 Å². The summed E-state index contributed by atoms with van der Waals surface area (Å²) in [4.78, 5) is 31.5. The number of carbonyl (C=O) groups excluding carboxylic acids is 2. The molecule has 1 aromatic rings. The van der Waals surface area contributed by atoms with E-state index in [2.05, 4.69) is 9.97 Å². The van der Waals surface area contributed by atoms with Crippen molar-refractivity contribution in [1.29, 1.82) is 0 Å². The molecule has 0 atom stereocenters. The minimum atomic E-state index is -0.382. The predicted molar refractivity (Wildman–Crippen MR) is 55.3 cm³/mol. The topological polar surface area (TPSA) is 63.2 Å². The van der Waals surface area contributed by atoms with Gasteiger partial charge >= 0.3 is 0 Å². The molecule has 0 N–H and O–H groups in total. The summed E-state index contributed by atoms with van der Waals surface area (Å²) in [6, 6.07) is 1.78. The quantitative estimate of drug-likeness (QED) is 0.689. The standard InChI is InChI=1S/C10H13N3O2/c1-6-5-7(2)12-10(11-6)13(8(3)14)9(4)15/h5H,1-4H3. The fourth-order valence-electron chi connectivity index (χ4n) is 1.31. The maximum absolute atomic E-state index is 11.2. The number of aryl methyl sites for hydroxylation is 2. The van der Waals surface area contributed by atoms with Gasteiger partial charge in [0.2, 0.25) is 17.8 Å². The Morgan fingerprint density at radius 3 is 1.80 bits per heavy atom. The zero-order chi connectivity index (χ0) is 11.6. The van der Waals surface area contributed by atoms with Crippen molar-refractivity contribution >= 4 is 17.8 Å². The zero-order valence-corrected chi connectivity index (χ0v) is 9.24. The molecule has 0 bridgehead atoms. The predicted octanol–water partition coefficient (Wildman–Crippen LogP) is 0.993. The summed E-state index contributed by atoms with van der Waals surface area (Å²) in [5.41, 5.74) is 1.45. The van der Waals surface area contributed by atoms with Crippen molar-refractivity contribution in [2.75, 3.05) is 4.90 Å². The Labute approximate surface area is 88.1 Å². The molecule has 0 radical (unpaired) electrons. The molecule has 0 aliphatic carbocycles. The molecule has 5 nitrogen and oxygen atoms in total. The summed E-state index contributed by atoms with van der Waals surface area (Å²) in [5, 5.41) is 0. The van der Waals surface area contributed by atoms with Gasteiger partial charge in [-0.25, -0.2) is 14.9 Å². The summed E-state index contributed by atoms with van der Waals surface area (Å²) < 4.78 is 0. The molecule has 0 aromatic carbocycles. The molecule has 2 amide bonds. The fourth-order valence-corrected chi connectivity index (χ4v) is 1.31. The molecule has 0 spiro atoms. The molecule has 0 aliphatic rings. The van der Waals surface area contributed by atoms with Gasteiger partial charge in [0.1, 0.15) is 0 Å². The van der Waals surface area contributed by atoms with Crippen LogP contribution >= 0.6 is 0 Å². The van der Waals surface area contributed by atoms with Crippen molar-refractivity contribution in [2.24, 2.45) is 0 Å². The van der Waals surface area contributed by atoms with Gasteiger partial charge < -0.3 is 0 Å². The molecule has 0 saturated heterocycles. The molecule has 80 valence electrons. The van der Waals surface area contributed by atoms with Crippen molar-refractivity contribution in [3.63, 3.8) is 0 Å². The Bertz CT molecular complexity index is 381. The van der Waals surface area contributed by atoms with Gasteiger partial charge in [-0.15, -0.1) is 0 Å². The first kappa shape index (κ1) is 11.3. The number of hydrogen-bond donors (Lipinski definition) is 0. The Hall–Kier alpha value is -1.78. The second-order valence-electron chi connectivity index (χ2n) is 3.32. The molecule has 1 rings (SSSR count). The first-order chi connectivity index (χ1) is 6.91. The van der Waals surface area contributed by atoms with Crippen molar-refractivity contribution < 1.29 is 9.59 Å². The highest BCUT2D eigenvalue weighted by Crippen LogP contribution is 2.10. The van der Waals surface area contributed by atoms with E-state index in [0.717, 1.165) is 16.3 Å². The van der Waals surface area contributed by atoms with Crippen LogP contribution in [0.25, 0.3) is 0 Å². The molecule has 0 aliphatic heterocycles. The van der Waals surface area contributed by atoms with E-state index in [1.54, 1.807) is 19.9 Å². The summed E-state index contributed by atoms with van der Waals surface area (Å²) >= 11 is 0. The molecule has 1 heterocycles. The normalized spacial score (nSPS) is 9.87. The highest BCUT2D eigenvalue weighted by molar-refractivity contribution is 6.11. The van der Waals surface area contributed by atoms with Gasteiger partial charge in [-0.1, -0.05) is 0 Å². The summed E-state index contributed by atoms with van der Waals surface area (Å²) in [7, 11) is 0. The van der Waals surface area contributed by atoms with Gasteiger partial charge in [-0.2, -0.15) is 0 Å². The molecule has 1 aromatic heterocycles. The van der Waals surface area contributed by atoms with Crippen LogP contribution in [0.4, 0.5) is 5.95 Å². The van der Waals surface area contributed by atoms with E-state index >= 15 is 0 Å². The van der Waals surface area contributed by atoms with Crippen LogP contribution in [-0.4, -0.2) is 21.8 Å². The van der Waals surface area contributed by atoms with Gasteiger partial charge in [-0.05, 0) is 19.9 Å². The molecule has 5 heteroatoms. The van der Waals surface area contributed by atoms with Gasteiger partial charge in [0, 0.05) is 25.2 Å². The summed E-state index contributed by atoms with van der Waals surface area (Å²) in [6.45, 7) is 6.19. The Morgan fingerprint density at radius 2 is 1.47 bits per heavy atom. The average molecular weight is 207 g/mol. The van der Waals surface area contributed by atoms with Crippen molar-refractivity contribution in [2.45, 2.75) is 27.7 Å². The highest BCUT2D eigenvalue weighted by Gasteiger charge is 2.19. The van der Waals surface area contributed by atoms with E-state index in [1.165, 1.54) is 13.8 Å². The molecule has 0 saturated carbocycles. The van der Waals surface area contributed by atoms with Crippen LogP contribution < -0.4 is 4.90 Å². The Morgan fingerprint density at radius 1 is 1.07 bits per heavy atom. The maximum atomic E-state index is 11.2. The number of rotatable bonds is 1. The third kappa shape index (κ3) is 2.59. The van der Waals surface area contributed by atoms with Crippen LogP contribution in [0.15, 0.2) is 6.07 Å². The van der Waals surface area contributed by atoms with Crippen LogP contribution in [0.1, 0.15) is 25.2 Å². The van der Waals surface area contributed by atoms with E-state index in [-0.39, 0.29) is 17.8 Å². The van der Waals surface area contributed by atoms with Crippen LogP contribution in [0.3, 0.4) is 0 Å². The number of aromatic nitrogens is 2. The molecular weight excluding hydrogens is 194 g/mol. The highest BCUT2D eigenvalue weighted by atomic mass is 16.2. The lowest BCUT2D eigenvalue weighted by atomic mass is 10.3. The number of amides is 2. The molecule has 0 fully saturated rings. The van der Waals surface area contributed by atoms with E-state index in [9.17, 15) is 9.59 Å². The van der Waals surface area contributed by atoms with Crippen LogP contribution in [0, 0.1) is 13.8 Å². The summed E-state index contributed by atoms with van der Waals surface area (Å²) in [5.74, 6) is -0.618. The Balaban J connectivity index is 3.22. The largest absolute Gasteiger partial charge is 0.274 e. The fraction of sp³-hybridized carbons (Fsp3) is 0.400. The second kappa shape index (κ2) is 4.16. The minimum Gasteiger partial charge on any atom is -0.274 e. The lowest BCUT2D eigenvalue weighted by molar-refractivity contribution is -0.124. The number of anilines is 1. The lowest BCUT2D eigenvalue weighted by Gasteiger charge is -2.15.